The minimum absolute atomic E-state index is 0.328. The van der Waals surface area contributed by atoms with E-state index in [4.69, 9.17) is 5.26 Å². The second kappa shape index (κ2) is 9.50. The molecular formula is C23H24F2N6O2. The lowest BCUT2D eigenvalue weighted by Gasteiger charge is -2.25. The summed E-state index contributed by atoms with van der Waals surface area (Å²) in [5.74, 6) is -4.33. The Labute approximate surface area is 189 Å². The Morgan fingerprint density at radius 3 is 2.85 bits per heavy atom. The summed E-state index contributed by atoms with van der Waals surface area (Å²) in [4.78, 5) is 32.5. The van der Waals surface area contributed by atoms with Crippen molar-refractivity contribution in [2.75, 3.05) is 39.3 Å². The number of nitriles is 1. The first kappa shape index (κ1) is 22.6. The molecule has 2 aliphatic rings. The van der Waals surface area contributed by atoms with Gasteiger partial charge in [0.25, 0.3) is 11.8 Å². The Bertz CT molecular complexity index is 1120. The molecule has 2 saturated heterocycles. The van der Waals surface area contributed by atoms with E-state index in [-0.39, 0.29) is 0 Å². The number of piperazine rings is 1. The van der Waals surface area contributed by atoms with E-state index in [0.29, 0.717) is 16.5 Å². The van der Waals surface area contributed by atoms with E-state index in [1.165, 1.54) is 6.20 Å². The summed E-state index contributed by atoms with van der Waals surface area (Å²) in [6, 6.07) is 7.66. The number of aromatic nitrogens is 1. The van der Waals surface area contributed by atoms with Gasteiger partial charge in [-0.3, -0.25) is 14.6 Å². The molecule has 0 bridgehead atoms. The van der Waals surface area contributed by atoms with Gasteiger partial charge in [0.05, 0.1) is 30.2 Å². The normalized spacial score (nSPS) is 20.2. The van der Waals surface area contributed by atoms with Crippen LogP contribution in [0, 0.1) is 11.3 Å². The summed E-state index contributed by atoms with van der Waals surface area (Å²) in [7, 11) is 0. The van der Waals surface area contributed by atoms with Crippen molar-refractivity contribution in [3.05, 3.63) is 47.8 Å². The predicted molar refractivity (Wildman–Crippen MR) is 118 cm³/mol. The number of rotatable bonds is 5. The van der Waals surface area contributed by atoms with Gasteiger partial charge in [-0.15, -0.1) is 0 Å². The molecule has 8 nitrogen and oxygen atoms in total. The fraction of sp³-hybridized carbons (Fsp3) is 0.391. The van der Waals surface area contributed by atoms with Crippen LogP contribution in [0.4, 0.5) is 8.78 Å². The van der Waals surface area contributed by atoms with Crippen LogP contribution in [0.15, 0.2) is 36.7 Å². The summed E-state index contributed by atoms with van der Waals surface area (Å²) in [6.07, 6.45) is 4.80. The van der Waals surface area contributed by atoms with E-state index >= 15 is 0 Å². The largest absolute Gasteiger partial charge is 0.375 e. The van der Waals surface area contributed by atoms with Crippen molar-refractivity contribution in [3.8, 4) is 6.07 Å². The Balaban J connectivity index is 1.47. The van der Waals surface area contributed by atoms with E-state index in [9.17, 15) is 18.4 Å². The van der Waals surface area contributed by atoms with Gasteiger partial charge in [0.15, 0.2) is 0 Å². The van der Waals surface area contributed by atoms with Crippen molar-refractivity contribution in [2.24, 2.45) is 0 Å². The number of pyridine rings is 1. The zero-order valence-electron chi connectivity index (χ0n) is 17.9. The topological polar surface area (TPSA) is 101 Å². The average molecular weight is 454 g/mol. The summed E-state index contributed by atoms with van der Waals surface area (Å²) < 4.78 is 27.2. The van der Waals surface area contributed by atoms with Gasteiger partial charge in [0.2, 0.25) is 5.91 Å². The molecule has 172 valence electrons. The van der Waals surface area contributed by atoms with Gasteiger partial charge in [-0.2, -0.15) is 5.26 Å². The van der Waals surface area contributed by atoms with Gasteiger partial charge in [-0.25, -0.2) is 8.78 Å². The molecule has 2 fully saturated rings. The zero-order chi connectivity index (χ0) is 23.4. The molecular weight excluding hydrogens is 430 g/mol. The maximum atomic E-state index is 13.6. The molecule has 1 aromatic carbocycles. The molecule has 33 heavy (non-hydrogen) atoms. The number of nitrogens with zero attached hydrogens (tertiary/aromatic N) is 4. The third-order valence-electron chi connectivity index (χ3n) is 5.78. The molecule has 0 unspecified atom stereocenters. The van der Waals surface area contributed by atoms with Crippen LogP contribution in [0.25, 0.3) is 17.0 Å². The molecule has 1 aromatic heterocycles. The number of alkyl halides is 2. The fourth-order valence-electron chi connectivity index (χ4n) is 4.04. The van der Waals surface area contributed by atoms with Crippen LogP contribution in [0.1, 0.15) is 22.3 Å². The third kappa shape index (κ3) is 5.26. The maximum absolute atomic E-state index is 13.6. The van der Waals surface area contributed by atoms with E-state index in [0.717, 1.165) is 36.6 Å². The molecule has 3 heterocycles. The lowest BCUT2D eigenvalue weighted by molar-refractivity contribution is -0.131. The third-order valence-corrected chi connectivity index (χ3v) is 5.78. The number of carbonyl (C=O) groups is 2. The van der Waals surface area contributed by atoms with E-state index in [1.807, 2.05) is 30.5 Å². The Kier molecular flexibility index (Phi) is 6.51. The summed E-state index contributed by atoms with van der Waals surface area (Å²) in [5.41, 5.74) is 1.85. The number of nitrogens with one attached hydrogen (secondary N) is 2. The summed E-state index contributed by atoms with van der Waals surface area (Å²) in [6.45, 7) is 2.41. The Morgan fingerprint density at radius 2 is 2.09 bits per heavy atom. The van der Waals surface area contributed by atoms with Crippen molar-refractivity contribution in [1.82, 2.24) is 25.4 Å². The molecule has 0 spiro atoms. The zero-order valence-corrected chi connectivity index (χ0v) is 17.9. The molecule has 2 aliphatic heterocycles. The molecule has 4 rings (SSSR count). The van der Waals surface area contributed by atoms with Gasteiger partial charge >= 0.3 is 0 Å². The summed E-state index contributed by atoms with van der Waals surface area (Å²) in [5, 5.41) is 15.5. The molecule has 10 heteroatoms. The van der Waals surface area contributed by atoms with Crippen LogP contribution in [0.5, 0.6) is 0 Å². The standard InChI is InChI=1S/C23H24F2N6O2/c24-23(25)12-17(13-26)31(15-23)21(32)14-29-22(33)18-3-5-28-20-2-1-16(11-19(18)20)4-8-30-9-6-27-7-10-30/h1-5,8,11,17,27H,6-7,9-10,12,14-15H2,(H,29,33)/b8-4+/t17-/m0/s1. The predicted octanol–water partition coefficient (Wildman–Crippen LogP) is 1.60. The monoisotopic (exact) mass is 454 g/mol. The molecule has 0 radical (unpaired) electrons. The number of halogens is 2. The lowest BCUT2D eigenvalue weighted by Crippen LogP contribution is -2.43. The van der Waals surface area contributed by atoms with E-state index in [2.05, 4.69) is 20.5 Å². The number of carbonyl (C=O) groups excluding carboxylic acids is 2. The van der Waals surface area contributed by atoms with Gasteiger partial charge < -0.3 is 20.4 Å². The van der Waals surface area contributed by atoms with Gasteiger partial charge in [0, 0.05) is 44.2 Å². The average Bonchev–Trinajstić information content (AvgIpc) is 3.15. The first-order chi connectivity index (χ1) is 15.9. The molecule has 0 saturated carbocycles. The minimum Gasteiger partial charge on any atom is -0.375 e. The summed E-state index contributed by atoms with van der Waals surface area (Å²) >= 11 is 0. The van der Waals surface area contributed by atoms with Crippen molar-refractivity contribution in [3.63, 3.8) is 0 Å². The van der Waals surface area contributed by atoms with Gasteiger partial charge in [-0.1, -0.05) is 6.07 Å². The van der Waals surface area contributed by atoms with Crippen LogP contribution in [-0.4, -0.2) is 77.8 Å². The van der Waals surface area contributed by atoms with Crippen LogP contribution in [0.2, 0.25) is 0 Å². The van der Waals surface area contributed by atoms with Crippen molar-refractivity contribution in [1.29, 1.82) is 5.26 Å². The van der Waals surface area contributed by atoms with Crippen LogP contribution < -0.4 is 10.6 Å². The first-order valence-corrected chi connectivity index (χ1v) is 10.7. The molecule has 2 aromatic rings. The number of hydrogen-bond acceptors (Lipinski definition) is 6. The first-order valence-electron chi connectivity index (χ1n) is 10.7. The number of fused-ring (bicyclic) bond motifs is 1. The molecule has 2 amide bonds. The quantitative estimate of drug-likeness (QED) is 0.712. The van der Waals surface area contributed by atoms with Crippen molar-refractivity contribution < 1.29 is 18.4 Å². The van der Waals surface area contributed by atoms with Crippen LogP contribution in [-0.2, 0) is 4.79 Å². The Hall–Kier alpha value is -3.58. The lowest BCUT2D eigenvalue weighted by atomic mass is 10.1. The maximum Gasteiger partial charge on any atom is 0.268 e. The SMILES string of the molecule is N#C[C@@H]1CC(F)(F)CN1C(=O)CNC(=O)c1ccnc2ccc(/C=C/N3CCNCC3)cc12. The number of benzene rings is 1. The van der Waals surface area contributed by atoms with Crippen molar-refractivity contribution in [2.45, 2.75) is 18.4 Å². The smallest absolute Gasteiger partial charge is 0.268 e. The number of likely N-dealkylation sites (tertiary alicyclic amines) is 1. The van der Waals surface area contributed by atoms with Gasteiger partial charge in [-0.05, 0) is 36.0 Å². The highest BCUT2D eigenvalue weighted by Gasteiger charge is 2.47. The highest BCUT2D eigenvalue weighted by atomic mass is 19.3. The van der Waals surface area contributed by atoms with E-state index in [1.54, 1.807) is 12.1 Å². The second-order valence-electron chi connectivity index (χ2n) is 8.15. The second-order valence-corrected chi connectivity index (χ2v) is 8.15. The van der Waals surface area contributed by atoms with Crippen LogP contribution >= 0.6 is 0 Å². The van der Waals surface area contributed by atoms with Crippen LogP contribution in [0.3, 0.4) is 0 Å². The van der Waals surface area contributed by atoms with Gasteiger partial charge in [0.1, 0.15) is 6.04 Å². The minimum atomic E-state index is -3.10. The number of amides is 2. The molecule has 2 N–H and O–H groups in total. The fourth-order valence-corrected chi connectivity index (χ4v) is 4.04. The van der Waals surface area contributed by atoms with Crippen molar-refractivity contribution >= 4 is 28.8 Å². The molecule has 0 aliphatic carbocycles. The highest BCUT2D eigenvalue weighted by Crippen LogP contribution is 2.31. The number of hydrogen-bond donors (Lipinski definition) is 2. The highest BCUT2D eigenvalue weighted by molar-refractivity contribution is 6.07. The molecule has 1 atom stereocenters. The van der Waals surface area contributed by atoms with E-state index < -0.39 is 43.3 Å². The Morgan fingerprint density at radius 1 is 1.30 bits per heavy atom.